The molecule has 0 aliphatic carbocycles. The third-order valence-corrected chi connectivity index (χ3v) is 5.66. The molecule has 0 saturated carbocycles. The molecule has 0 radical (unpaired) electrons. The average molecular weight is 485 g/mol. The van der Waals surface area contributed by atoms with Crippen molar-refractivity contribution in [1.29, 1.82) is 0 Å². The van der Waals surface area contributed by atoms with Crippen LogP contribution in [0.1, 0.15) is 33.6 Å². The molecule has 26 heavy (non-hydrogen) atoms. The van der Waals surface area contributed by atoms with Gasteiger partial charge >= 0.3 is 0 Å². The number of carbonyl (C=O) groups is 2. The SMILES string of the molecule is O=C(Nc1ccccc1C(=O)NCC1CCCO1)c1ccc(Cl)c(I)c1. The van der Waals surface area contributed by atoms with Crippen LogP contribution in [0.5, 0.6) is 0 Å². The van der Waals surface area contributed by atoms with Crippen molar-refractivity contribution in [3.63, 3.8) is 0 Å². The van der Waals surface area contributed by atoms with Crippen LogP contribution in [-0.2, 0) is 4.74 Å². The van der Waals surface area contributed by atoms with E-state index in [1.807, 2.05) is 0 Å². The highest BCUT2D eigenvalue weighted by molar-refractivity contribution is 14.1. The number of carbonyl (C=O) groups excluding carboxylic acids is 2. The topological polar surface area (TPSA) is 67.4 Å². The highest BCUT2D eigenvalue weighted by Crippen LogP contribution is 2.21. The van der Waals surface area contributed by atoms with Gasteiger partial charge in [-0.05, 0) is 65.8 Å². The summed E-state index contributed by atoms with van der Waals surface area (Å²) in [4.78, 5) is 25.0. The summed E-state index contributed by atoms with van der Waals surface area (Å²) < 4.78 is 6.31. The van der Waals surface area contributed by atoms with Gasteiger partial charge < -0.3 is 15.4 Å². The molecule has 1 aliphatic heterocycles. The van der Waals surface area contributed by atoms with Gasteiger partial charge in [0.15, 0.2) is 0 Å². The second kappa shape index (κ2) is 8.83. The van der Waals surface area contributed by atoms with Crippen molar-refractivity contribution < 1.29 is 14.3 Å². The number of rotatable bonds is 5. The third-order valence-electron chi connectivity index (χ3n) is 4.12. The van der Waals surface area contributed by atoms with E-state index in [9.17, 15) is 9.59 Å². The Morgan fingerprint density at radius 2 is 2.00 bits per heavy atom. The normalized spacial score (nSPS) is 16.3. The molecule has 3 rings (SSSR count). The molecule has 2 aromatic carbocycles. The van der Waals surface area contributed by atoms with Crippen molar-refractivity contribution in [3.05, 3.63) is 62.2 Å². The van der Waals surface area contributed by atoms with Crippen molar-refractivity contribution in [2.24, 2.45) is 0 Å². The lowest BCUT2D eigenvalue weighted by atomic mass is 10.1. The predicted octanol–water partition coefficient (Wildman–Crippen LogP) is 4.11. The first-order valence-electron chi connectivity index (χ1n) is 8.30. The lowest BCUT2D eigenvalue weighted by molar-refractivity contribution is 0.0858. The highest BCUT2D eigenvalue weighted by Gasteiger charge is 2.19. The van der Waals surface area contributed by atoms with Crippen LogP contribution in [0.2, 0.25) is 5.02 Å². The maximum atomic E-state index is 12.5. The Morgan fingerprint density at radius 1 is 1.19 bits per heavy atom. The number of anilines is 1. The predicted molar refractivity (Wildman–Crippen MR) is 110 cm³/mol. The van der Waals surface area contributed by atoms with Crippen LogP contribution in [0.25, 0.3) is 0 Å². The van der Waals surface area contributed by atoms with Gasteiger partial charge in [-0.1, -0.05) is 23.7 Å². The van der Waals surface area contributed by atoms with Crippen LogP contribution in [0, 0.1) is 3.57 Å². The van der Waals surface area contributed by atoms with Crippen LogP contribution >= 0.6 is 34.2 Å². The standard InChI is InChI=1S/C19H18ClIN2O3/c20-15-8-7-12(10-16(15)21)18(24)23-17-6-2-1-5-14(17)19(25)22-11-13-4-3-9-26-13/h1-2,5-8,10,13H,3-4,9,11H2,(H,22,25)(H,23,24). The minimum atomic E-state index is -0.293. The molecule has 1 fully saturated rings. The van der Waals surface area contributed by atoms with Gasteiger partial charge in [-0.25, -0.2) is 0 Å². The van der Waals surface area contributed by atoms with Crippen LogP contribution in [0.3, 0.4) is 0 Å². The van der Waals surface area contributed by atoms with E-state index < -0.39 is 0 Å². The quantitative estimate of drug-likeness (QED) is 0.628. The first-order valence-corrected chi connectivity index (χ1v) is 9.75. The van der Waals surface area contributed by atoms with Gasteiger partial charge in [-0.2, -0.15) is 0 Å². The van der Waals surface area contributed by atoms with E-state index in [1.54, 1.807) is 42.5 Å². The molecular formula is C19H18ClIN2O3. The van der Waals surface area contributed by atoms with E-state index in [4.69, 9.17) is 16.3 Å². The summed E-state index contributed by atoms with van der Waals surface area (Å²) in [6.45, 7) is 1.21. The van der Waals surface area contributed by atoms with Crippen molar-refractivity contribution in [2.45, 2.75) is 18.9 Å². The average Bonchev–Trinajstić information content (AvgIpc) is 3.16. The van der Waals surface area contributed by atoms with Gasteiger partial charge in [-0.3, -0.25) is 9.59 Å². The van der Waals surface area contributed by atoms with Crippen molar-refractivity contribution in [2.75, 3.05) is 18.5 Å². The molecule has 1 unspecified atom stereocenters. The minimum absolute atomic E-state index is 0.0665. The number of nitrogens with one attached hydrogen (secondary N) is 2. The molecule has 0 aromatic heterocycles. The lowest BCUT2D eigenvalue weighted by Crippen LogP contribution is -2.32. The zero-order valence-corrected chi connectivity index (χ0v) is 16.8. The Kier molecular flexibility index (Phi) is 6.50. The van der Waals surface area contributed by atoms with E-state index in [2.05, 4.69) is 33.2 Å². The second-order valence-electron chi connectivity index (χ2n) is 5.97. The molecule has 2 N–H and O–H groups in total. The van der Waals surface area contributed by atoms with E-state index in [1.165, 1.54) is 0 Å². The summed E-state index contributed by atoms with van der Waals surface area (Å²) >= 11 is 8.07. The Balaban J connectivity index is 1.70. The van der Waals surface area contributed by atoms with Crippen LogP contribution < -0.4 is 10.6 Å². The fraction of sp³-hybridized carbons (Fsp3) is 0.263. The third kappa shape index (κ3) is 4.75. The Labute approximate surface area is 170 Å². The van der Waals surface area contributed by atoms with Gasteiger partial charge in [-0.15, -0.1) is 0 Å². The minimum Gasteiger partial charge on any atom is -0.376 e. The molecule has 1 saturated heterocycles. The van der Waals surface area contributed by atoms with E-state index in [-0.39, 0.29) is 17.9 Å². The molecular weight excluding hydrogens is 467 g/mol. The summed E-state index contributed by atoms with van der Waals surface area (Å²) in [6, 6.07) is 12.0. The summed E-state index contributed by atoms with van der Waals surface area (Å²) in [6.07, 6.45) is 2.04. The monoisotopic (exact) mass is 484 g/mol. The molecule has 2 amide bonds. The number of ether oxygens (including phenoxy) is 1. The molecule has 2 aromatic rings. The molecule has 5 nitrogen and oxygen atoms in total. The number of para-hydroxylation sites is 1. The second-order valence-corrected chi connectivity index (χ2v) is 7.54. The van der Waals surface area contributed by atoms with E-state index >= 15 is 0 Å². The molecule has 0 bridgehead atoms. The van der Waals surface area contributed by atoms with Crippen molar-refractivity contribution in [1.82, 2.24) is 5.32 Å². The Morgan fingerprint density at radius 3 is 2.73 bits per heavy atom. The first kappa shape index (κ1) is 19.1. The number of hydrogen-bond acceptors (Lipinski definition) is 3. The lowest BCUT2D eigenvalue weighted by Gasteiger charge is -2.14. The Bertz CT molecular complexity index is 822. The van der Waals surface area contributed by atoms with Crippen LogP contribution in [0.15, 0.2) is 42.5 Å². The molecule has 1 heterocycles. The summed E-state index contributed by atoms with van der Waals surface area (Å²) in [5.74, 6) is -0.527. The van der Waals surface area contributed by atoms with Gasteiger partial charge in [0.05, 0.1) is 22.4 Å². The molecule has 1 aliphatic rings. The summed E-state index contributed by atoms with van der Waals surface area (Å²) in [7, 11) is 0. The van der Waals surface area contributed by atoms with Gasteiger partial charge in [0.25, 0.3) is 11.8 Å². The van der Waals surface area contributed by atoms with Gasteiger partial charge in [0, 0.05) is 22.3 Å². The zero-order valence-electron chi connectivity index (χ0n) is 13.9. The number of benzene rings is 2. The molecule has 136 valence electrons. The molecule has 7 heteroatoms. The van der Waals surface area contributed by atoms with Crippen molar-refractivity contribution >= 4 is 51.7 Å². The highest BCUT2D eigenvalue weighted by atomic mass is 127. The van der Waals surface area contributed by atoms with Gasteiger partial charge in [0.2, 0.25) is 0 Å². The largest absolute Gasteiger partial charge is 0.376 e. The number of halogens is 2. The molecule has 1 atom stereocenters. The van der Waals surface area contributed by atoms with Crippen molar-refractivity contribution in [3.8, 4) is 0 Å². The zero-order chi connectivity index (χ0) is 18.5. The maximum Gasteiger partial charge on any atom is 0.255 e. The van der Waals surface area contributed by atoms with E-state index in [0.717, 1.165) is 23.0 Å². The fourth-order valence-corrected chi connectivity index (χ4v) is 3.36. The number of amides is 2. The molecule has 0 spiro atoms. The fourth-order valence-electron chi connectivity index (χ4n) is 2.73. The maximum absolute atomic E-state index is 12.5. The van der Waals surface area contributed by atoms with Crippen LogP contribution in [0.4, 0.5) is 5.69 Å². The summed E-state index contributed by atoms with van der Waals surface area (Å²) in [5, 5.41) is 6.28. The van der Waals surface area contributed by atoms with E-state index in [0.29, 0.717) is 28.4 Å². The Hall–Kier alpha value is -1.64. The number of hydrogen-bond donors (Lipinski definition) is 2. The smallest absolute Gasteiger partial charge is 0.255 e. The van der Waals surface area contributed by atoms with Crippen LogP contribution in [-0.4, -0.2) is 31.1 Å². The first-order chi connectivity index (χ1) is 12.5. The van der Waals surface area contributed by atoms with Gasteiger partial charge in [0.1, 0.15) is 0 Å². The summed E-state index contributed by atoms with van der Waals surface area (Å²) in [5.41, 5.74) is 1.36.